The topological polar surface area (TPSA) is 52.7 Å². The summed E-state index contributed by atoms with van der Waals surface area (Å²) in [5, 5.41) is 3.10. The first kappa shape index (κ1) is 22.7. The Morgan fingerprint density at radius 2 is 1.67 bits per heavy atom. The van der Waals surface area contributed by atoms with E-state index in [4.69, 9.17) is 0 Å². The molecular weight excluding hydrogens is 381 g/mol. The van der Waals surface area contributed by atoms with Crippen LogP contribution in [0.4, 0.5) is 4.39 Å². The predicted molar refractivity (Wildman–Crippen MR) is 116 cm³/mol. The van der Waals surface area contributed by atoms with E-state index in [1.807, 2.05) is 4.90 Å². The van der Waals surface area contributed by atoms with E-state index in [1.165, 1.54) is 12.1 Å². The van der Waals surface area contributed by atoms with E-state index in [0.29, 0.717) is 18.4 Å². The van der Waals surface area contributed by atoms with Crippen LogP contribution < -0.4 is 5.32 Å². The lowest BCUT2D eigenvalue weighted by Crippen LogP contribution is -2.50. The van der Waals surface area contributed by atoms with Crippen molar-refractivity contribution in [2.75, 3.05) is 32.7 Å². The van der Waals surface area contributed by atoms with Crippen LogP contribution in [0.2, 0.25) is 0 Å². The zero-order valence-corrected chi connectivity index (χ0v) is 18.4. The first-order valence-electron chi connectivity index (χ1n) is 11.5. The summed E-state index contributed by atoms with van der Waals surface area (Å²) in [7, 11) is 0. The molecule has 2 saturated heterocycles. The van der Waals surface area contributed by atoms with Gasteiger partial charge in [0.05, 0.1) is 6.42 Å². The number of benzene rings is 1. The zero-order valence-electron chi connectivity index (χ0n) is 18.4. The van der Waals surface area contributed by atoms with Crippen LogP contribution in [0.15, 0.2) is 24.3 Å². The Morgan fingerprint density at radius 3 is 2.27 bits per heavy atom. The minimum absolute atomic E-state index is 0.122. The first-order valence-corrected chi connectivity index (χ1v) is 11.5. The average molecular weight is 418 g/mol. The summed E-state index contributed by atoms with van der Waals surface area (Å²) in [4.78, 5) is 29.4. The van der Waals surface area contributed by atoms with Crippen LogP contribution in [0.1, 0.15) is 51.5 Å². The van der Waals surface area contributed by atoms with Crippen molar-refractivity contribution in [2.24, 2.45) is 11.8 Å². The Balaban J connectivity index is 1.37. The SMILES string of the molecule is CC(C)CCNC(=O)C1CCN(C2CCN(C(=O)Cc3ccc(F)cc3)CC2)CC1. The number of carbonyl (C=O) groups is 2. The largest absolute Gasteiger partial charge is 0.356 e. The number of rotatable bonds is 7. The van der Waals surface area contributed by atoms with Crippen molar-refractivity contribution in [1.82, 2.24) is 15.1 Å². The maximum Gasteiger partial charge on any atom is 0.226 e. The van der Waals surface area contributed by atoms with Crippen LogP contribution in [-0.2, 0) is 16.0 Å². The molecule has 3 rings (SSSR count). The van der Waals surface area contributed by atoms with E-state index in [0.717, 1.165) is 70.4 Å². The second-order valence-electron chi connectivity index (χ2n) is 9.20. The third-order valence-corrected chi connectivity index (χ3v) is 6.52. The Bertz CT molecular complexity index is 691. The van der Waals surface area contributed by atoms with Crippen molar-refractivity contribution < 1.29 is 14.0 Å². The standard InChI is InChI=1S/C24H36FN3O2/c1-18(2)7-12-26-24(30)20-8-13-27(14-9-20)22-10-15-28(16-11-22)23(29)17-19-3-5-21(25)6-4-19/h3-6,18,20,22H,7-17H2,1-2H3,(H,26,30). The molecule has 0 bridgehead atoms. The first-order chi connectivity index (χ1) is 14.4. The van der Waals surface area contributed by atoms with Crippen molar-refractivity contribution in [3.63, 3.8) is 0 Å². The second kappa shape index (κ2) is 10.9. The Hall–Kier alpha value is -1.95. The zero-order chi connectivity index (χ0) is 21.5. The monoisotopic (exact) mass is 417 g/mol. The summed E-state index contributed by atoms with van der Waals surface area (Å²) in [6.07, 6.45) is 5.20. The van der Waals surface area contributed by atoms with Gasteiger partial charge in [0.2, 0.25) is 11.8 Å². The maximum atomic E-state index is 13.0. The van der Waals surface area contributed by atoms with Gasteiger partial charge in [-0.25, -0.2) is 4.39 Å². The van der Waals surface area contributed by atoms with Crippen molar-refractivity contribution in [1.29, 1.82) is 0 Å². The summed E-state index contributed by atoms with van der Waals surface area (Å²) < 4.78 is 13.0. The number of nitrogens with zero attached hydrogens (tertiary/aromatic N) is 2. The third kappa shape index (κ3) is 6.53. The normalized spacial score (nSPS) is 19.3. The van der Waals surface area contributed by atoms with Crippen LogP contribution in [-0.4, -0.2) is 60.4 Å². The van der Waals surface area contributed by atoms with Crippen LogP contribution >= 0.6 is 0 Å². The Morgan fingerprint density at radius 1 is 1.03 bits per heavy atom. The van der Waals surface area contributed by atoms with Gasteiger partial charge in [-0.05, 0) is 68.8 Å². The molecule has 0 saturated carbocycles. The highest BCUT2D eigenvalue weighted by atomic mass is 19.1. The highest BCUT2D eigenvalue weighted by molar-refractivity contribution is 5.79. The number of amides is 2. The van der Waals surface area contributed by atoms with Gasteiger partial charge < -0.3 is 15.1 Å². The van der Waals surface area contributed by atoms with E-state index >= 15 is 0 Å². The number of hydrogen-bond donors (Lipinski definition) is 1. The summed E-state index contributed by atoms with van der Waals surface area (Å²) in [6, 6.07) is 6.68. The molecule has 2 amide bonds. The highest BCUT2D eigenvalue weighted by Gasteiger charge is 2.31. The molecule has 0 spiro atoms. The number of carbonyl (C=O) groups excluding carboxylic acids is 2. The molecule has 2 fully saturated rings. The lowest BCUT2D eigenvalue weighted by molar-refractivity contribution is -0.132. The summed E-state index contributed by atoms with van der Waals surface area (Å²) in [5.41, 5.74) is 0.859. The van der Waals surface area contributed by atoms with E-state index in [9.17, 15) is 14.0 Å². The smallest absolute Gasteiger partial charge is 0.226 e. The molecule has 0 radical (unpaired) electrons. The molecule has 166 valence electrons. The molecule has 2 aliphatic rings. The van der Waals surface area contributed by atoms with Gasteiger partial charge in [0.15, 0.2) is 0 Å². The lowest BCUT2D eigenvalue weighted by Gasteiger charge is -2.41. The van der Waals surface area contributed by atoms with Crippen LogP contribution in [0, 0.1) is 17.7 Å². The molecule has 0 unspecified atom stereocenters. The van der Waals surface area contributed by atoms with E-state index in [-0.39, 0.29) is 23.5 Å². The fraction of sp³-hybridized carbons (Fsp3) is 0.667. The van der Waals surface area contributed by atoms with Crippen LogP contribution in [0.5, 0.6) is 0 Å². The molecule has 0 atom stereocenters. The number of likely N-dealkylation sites (tertiary alicyclic amines) is 2. The average Bonchev–Trinajstić information content (AvgIpc) is 2.75. The van der Waals surface area contributed by atoms with Gasteiger partial charge in [-0.3, -0.25) is 9.59 Å². The predicted octanol–water partition coefficient (Wildman–Crippen LogP) is 3.23. The van der Waals surface area contributed by atoms with Crippen LogP contribution in [0.3, 0.4) is 0 Å². The molecule has 0 aromatic heterocycles. The number of nitrogens with one attached hydrogen (secondary N) is 1. The van der Waals surface area contributed by atoms with Gasteiger partial charge in [-0.2, -0.15) is 0 Å². The summed E-state index contributed by atoms with van der Waals surface area (Å²) in [5.74, 6) is 0.823. The van der Waals surface area contributed by atoms with E-state index in [2.05, 4.69) is 24.1 Å². The van der Waals surface area contributed by atoms with E-state index < -0.39 is 0 Å². The number of halogens is 1. The fourth-order valence-electron chi connectivity index (χ4n) is 4.52. The molecule has 1 aromatic rings. The van der Waals surface area contributed by atoms with Gasteiger partial charge in [-0.15, -0.1) is 0 Å². The van der Waals surface area contributed by atoms with Gasteiger partial charge in [-0.1, -0.05) is 26.0 Å². The van der Waals surface area contributed by atoms with Crippen LogP contribution in [0.25, 0.3) is 0 Å². The Kier molecular flexibility index (Phi) is 8.25. The minimum Gasteiger partial charge on any atom is -0.356 e. The molecule has 1 aromatic carbocycles. The molecule has 1 N–H and O–H groups in total. The maximum absolute atomic E-state index is 13.0. The summed E-state index contributed by atoms with van der Waals surface area (Å²) in [6.45, 7) is 8.62. The van der Waals surface area contributed by atoms with Crippen molar-refractivity contribution in [3.8, 4) is 0 Å². The minimum atomic E-state index is -0.274. The highest BCUT2D eigenvalue weighted by Crippen LogP contribution is 2.24. The third-order valence-electron chi connectivity index (χ3n) is 6.52. The van der Waals surface area contributed by atoms with Crippen molar-refractivity contribution >= 4 is 11.8 Å². The van der Waals surface area contributed by atoms with Crippen molar-refractivity contribution in [2.45, 2.75) is 58.4 Å². The van der Waals surface area contributed by atoms with Gasteiger partial charge in [0, 0.05) is 31.6 Å². The van der Waals surface area contributed by atoms with E-state index in [1.54, 1.807) is 12.1 Å². The second-order valence-corrected chi connectivity index (χ2v) is 9.20. The quantitative estimate of drug-likeness (QED) is 0.741. The Labute approximate surface area is 180 Å². The lowest BCUT2D eigenvalue weighted by atomic mass is 9.92. The summed E-state index contributed by atoms with van der Waals surface area (Å²) >= 11 is 0. The molecule has 30 heavy (non-hydrogen) atoms. The fourth-order valence-corrected chi connectivity index (χ4v) is 4.52. The number of hydrogen-bond acceptors (Lipinski definition) is 3. The van der Waals surface area contributed by atoms with Gasteiger partial charge >= 0.3 is 0 Å². The molecule has 2 aliphatic heterocycles. The van der Waals surface area contributed by atoms with Gasteiger partial charge in [0.25, 0.3) is 0 Å². The molecular formula is C24H36FN3O2. The van der Waals surface area contributed by atoms with Crippen molar-refractivity contribution in [3.05, 3.63) is 35.6 Å². The molecule has 2 heterocycles. The molecule has 0 aliphatic carbocycles. The molecule has 6 heteroatoms. The molecule has 5 nitrogen and oxygen atoms in total. The van der Waals surface area contributed by atoms with Gasteiger partial charge in [0.1, 0.15) is 5.82 Å². The number of piperidine rings is 2.